The molecule has 17 heavy (non-hydrogen) atoms. The lowest BCUT2D eigenvalue weighted by molar-refractivity contribution is 0.607. The minimum atomic E-state index is 0.682. The summed E-state index contributed by atoms with van der Waals surface area (Å²) in [6, 6.07) is 8.31. The summed E-state index contributed by atoms with van der Waals surface area (Å²) in [7, 11) is 0. The van der Waals surface area contributed by atoms with E-state index >= 15 is 0 Å². The Hall–Kier alpha value is -1.14. The molecular weight excluding hydrogens is 228 g/mol. The van der Waals surface area contributed by atoms with E-state index < -0.39 is 0 Å². The highest BCUT2D eigenvalue weighted by Gasteiger charge is 2.07. The second-order valence-corrected chi connectivity index (χ2v) is 5.64. The molecular formula is C14H20N2S. The Balaban J connectivity index is 2.77. The molecule has 92 valence electrons. The zero-order valence-electron chi connectivity index (χ0n) is 10.8. The molecule has 0 bridgehead atoms. The van der Waals surface area contributed by atoms with Gasteiger partial charge in [0.15, 0.2) is 0 Å². The van der Waals surface area contributed by atoms with Crippen LogP contribution in [0.15, 0.2) is 23.1 Å². The van der Waals surface area contributed by atoms with Gasteiger partial charge in [0.05, 0.1) is 11.3 Å². The van der Waals surface area contributed by atoms with E-state index in [1.54, 1.807) is 11.8 Å². The smallest absolute Gasteiger partial charge is 0.102 e. The molecule has 0 aliphatic carbocycles. The number of anilines is 1. The molecule has 1 N–H and O–H groups in total. The van der Waals surface area contributed by atoms with Gasteiger partial charge in [0.2, 0.25) is 0 Å². The fraction of sp³-hybridized carbons (Fsp3) is 0.500. The molecule has 0 aliphatic rings. The zero-order chi connectivity index (χ0) is 12.7. The van der Waals surface area contributed by atoms with Gasteiger partial charge in [-0.1, -0.05) is 26.8 Å². The van der Waals surface area contributed by atoms with Gasteiger partial charge in [0, 0.05) is 11.4 Å². The fourth-order valence-corrected chi connectivity index (χ4v) is 2.35. The molecule has 0 amide bonds. The minimum absolute atomic E-state index is 0.682. The number of rotatable bonds is 6. The number of nitrogens with zero attached hydrogens (tertiary/aromatic N) is 1. The molecule has 0 fully saturated rings. The number of hydrogen-bond donors (Lipinski definition) is 1. The zero-order valence-corrected chi connectivity index (χ0v) is 11.6. The topological polar surface area (TPSA) is 35.8 Å². The van der Waals surface area contributed by atoms with Gasteiger partial charge in [-0.25, -0.2) is 0 Å². The lowest BCUT2D eigenvalue weighted by atomic mass is 10.1. The number of thioether (sulfide) groups is 1. The van der Waals surface area contributed by atoms with Gasteiger partial charge in [-0.05, 0) is 30.2 Å². The first kappa shape index (κ1) is 13.9. The third kappa shape index (κ3) is 4.32. The van der Waals surface area contributed by atoms with Gasteiger partial charge in [0.25, 0.3) is 0 Å². The third-order valence-electron chi connectivity index (χ3n) is 2.48. The predicted octanol–water partition coefficient (Wildman–Crippen LogP) is 4.13. The quantitative estimate of drug-likeness (QED) is 0.769. The maximum Gasteiger partial charge on any atom is 0.102 e. The van der Waals surface area contributed by atoms with Crippen molar-refractivity contribution in [2.45, 2.75) is 32.1 Å². The highest BCUT2D eigenvalue weighted by molar-refractivity contribution is 7.99. The Morgan fingerprint density at radius 3 is 2.76 bits per heavy atom. The molecule has 0 unspecified atom stereocenters. The monoisotopic (exact) mass is 248 g/mol. The van der Waals surface area contributed by atoms with Crippen LogP contribution in [-0.2, 0) is 0 Å². The second-order valence-electron chi connectivity index (χ2n) is 4.33. The molecule has 3 heteroatoms. The summed E-state index contributed by atoms with van der Waals surface area (Å²) in [5.41, 5.74) is 1.75. The summed E-state index contributed by atoms with van der Waals surface area (Å²) < 4.78 is 0. The van der Waals surface area contributed by atoms with Crippen molar-refractivity contribution in [2.24, 2.45) is 5.92 Å². The first-order valence-electron chi connectivity index (χ1n) is 6.08. The van der Waals surface area contributed by atoms with Crippen LogP contribution in [0.1, 0.15) is 32.8 Å². The van der Waals surface area contributed by atoms with E-state index in [-0.39, 0.29) is 0 Å². The molecule has 0 atom stereocenters. The first-order valence-corrected chi connectivity index (χ1v) is 7.07. The SMILES string of the molecule is CCSc1cccc(NCCC(C)C)c1C#N. The Kier molecular flexibility index (Phi) is 5.93. The van der Waals surface area contributed by atoms with Crippen molar-refractivity contribution < 1.29 is 0 Å². The number of nitriles is 1. The number of hydrogen-bond acceptors (Lipinski definition) is 3. The van der Waals surface area contributed by atoms with Gasteiger partial charge in [0.1, 0.15) is 6.07 Å². The van der Waals surface area contributed by atoms with Crippen molar-refractivity contribution in [2.75, 3.05) is 17.6 Å². The van der Waals surface area contributed by atoms with Gasteiger partial charge >= 0.3 is 0 Å². The Morgan fingerprint density at radius 2 is 2.18 bits per heavy atom. The Labute approximate surface area is 108 Å². The van der Waals surface area contributed by atoms with E-state index in [9.17, 15) is 5.26 Å². The molecule has 0 heterocycles. The Bertz CT molecular complexity index is 394. The van der Waals surface area contributed by atoms with Gasteiger partial charge in [-0.15, -0.1) is 11.8 Å². The van der Waals surface area contributed by atoms with Crippen LogP contribution < -0.4 is 5.32 Å². The molecule has 0 aliphatic heterocycles. The lowest BCUT2D eigenvalue weighted by Crippen LogP contribution is -2.06. The van der Waals surface area contributed by atoms with E-state index in [2.05, 4.69) is 32.2 Å². The molecule has 0 saturated heterocycles. The van der Waals surface area contributed by atoms with Crippen LogP contribution in [-0.4, -0.2) is 12.3 Å². The van der Waals surface area contributed by atoms with E-state index in [1.165, 1.54) is 0 Å². The molecule has 0 saturated carbocycles. The van der Waals surface area contributed by atoms with E-state index in [1.807, 2.05) is 18.2 Å². The summed E-state index contributed by atoms with van der Waals surface area (Å²) in [5, 5.41) is 12.6. The molecule has 2 nitrogen and oxygen atoms in total. The maximum atomic E-state index is 9.23. The standard InChI is InChI=1S/C14H20N2S/c1-4-17-14-7-5-6-13(12(14)10-15)16-9-8-11(2)3/h5-7,11,16H,4,8-9H2,1-3H3. The van der Waals surface area contributed by atoms with Crippen LogP contribution in [0.3, 0.4) is 0 Å². The fourth-order valence-electron chi connectivity index (χ4n) is 1.57. The van der Waals surface area contributed by atoms with E-state index in [0.29, 0.717) is 5.92 Å². The number of benzene rings is 1. The van der Waals surface area contributed by atoms with Crippen LogP contribution >= 0.6 is 11.8 Å². The maximum absolute atomic E-state index is 9.23. The van der Waals surface area contributed by atoms with E-state index in [0.717, 1.165) is 34.9 Å². The van der Waals surface area contributed by atoms with Crippen LogP contribution in [0.5, 0.6) is 0 Å². The summed E-state index contributed by atoms with van der Waals surface area (Å²) in [6.45, 7) is 7.43. The normalized spacial score (nSPS) is 10.3. The predicted molar refractivity (Wildman–Crippen MR) is 75.5 cm³/mol. The summed E-state index contributed by atoms with van der Waals surface area (Å²) in [5.74, 6) is 1.67. The van der Waals surface area contributed by atoms with Gasteiger partial charge in [-0.2, -0.15) is 5.26 Å². The lowest BCUT2D eigenvalue weighted by Gasteiger charge is -2.12. The van der Waals surface area contributed by atoms with Crippen LogP contribution in [0.25, 0.3) is 0 Å². The van der Waals surface area contributed by atoms with Crippen molar-refractivity contribution in [1.82, 2.24) is 0 Å². The molecule has 1 aromatic rings. The van der Waals surface area contributed by atoms with Gasteiger partial charge < -0.3 is 5.32 Å². The summed E-state index contributed by atoms with van der Waals surface area (Å²) in [4.78, 5) is 1.07. The van der Waals surface area contributed by atoms with Crippen molar-refractivity contribution >= 4 is 17.4 Å². The second kappa shape index (κ2) is 7.24. The largest absolute Gasteiger partial charge is 0.384 e. The van der Waals surface area contributed by atoms with E-state index in [4.69, 9.17) is 0 Å². The highest BCUT2D eigenvalue weighted by Crippen LogP contribution is 2.27. The highest BCUT2D eigenvalue weighted by atomic mass is 32.2. The van der Waals surface area contributed by atoms with Crippen molar-refractivity contribution in [3.63, 3.8) is 0 Å². The van der Waals surface area contributed by atoms with Crippen LogP contribution in [0.2, 0.25) is 0 Å². The molecule has 0 spiro atoms. The average molecular weight is 248 g/mol. The molecule has 0 radical (unpaired) electrons. The van der Waals surface area contributed by atoms with Crippen molar-refractivity contribution in [3.05, 3.63) is 23.8 Å². The van der Waals surface area contributed by atoms with Crippen molar-refractivity contribution in [1.29, 1.82) is 5.26 Å². The van der Waals surface area contributed by atoms with Crippen molar-refractivity contribution in [3.8, 4) is 6.07 Å². The average Bonchev–Trinajstić information content (AvgIpc) is 2.29. The molecule has 0 aromatic heterocycles. The molecule has 1 aromatic carbocycles. The Morgan fingerprint density at radius 1 is 1.41 bits per heavy atom. The third-order valence-corrected chi connectivity index (χ3v) is 3.41. The number of nitrogens with one attached hydrogen (secondary N) is 1. The molecule has 1 rings (SSSR count). The van der Waals surface area contributed by atoms with Crippen LogP contribution in [0.4, 0.5) is 5.69 Å². The summed E-state index contributed by atoms with van der Waals surface area (Å²) in [6.07, 6.45) is 1.12. The van der Waals surface area contributed by atoms with Gasteiger partial charge in [-0.3, -0.25) is 0 Å². The summed E-state index contributed by atoms with van der Waals surface area (Å²) >= 11 is 1.72. The first-order chi connectivity index (χ1) is 8.19. The minimum Gasteiger partial charge on any atom is -0.384 e. The van der Waals surface area contributed by atoms with Crippen LogP contribution in [0, 0.1) is 17.2 Å².